The molecule has 1 aromatic carbocycles. The van der Waals surface area contributed by atoms with Crippen LogP contribution in [0.2, 0.25) is 0 Å². The number of aryl methyl sites for hydroxylation is 1. The Balaban J connectivity index is 1.81. The van der Waals surface area contributed by atoms with Crippen LogP contribution in [0.1, 0.15) is 31.4 Å². The van der Waals surface area contributed by atoms with Crippen LogP contribution in [0.25, 0.3) is 10.9 Å². The molecule has 0 fully saturated rings. The number of nitrogen functional groups attached to an aromatic ring is 1. The third kappa shape index (κ3) is 4.65. The molecule has 1 amide bonds. The molecule has 0 aliphatic rings. The maximum absolute atomic E-state index is 13.6. The highest BCUT2D eigenvalue weighted by Gasteiger charge is 2.26. The van der Waals surface area contributed by atoms with Crippen LogP contribution in [0, 0.1) is 6.92 Å². The van der Waals surface area contributed by atoms with Gasteiger partial charge in [-0.15, -0.1) is 0 Å². The van der Waals surface area contributed by atoms with Crippen LogP contribution in [0.5, 0.6) is 0 Å². The molecule has 3 aromatic heterocycles. The number of unbranched alkanes of at least 4 members (excludes halogenated alkanes) is 1. The van der Waals surface area contributed by atoms with E-state index >= 15 is 0 Å². The van der Waals surface area contributed by atoms with Crippen molar-refractivity contribution in [2.45, 2.75) is 46.3 Å². The van der Waals surface area contributed by atoms with E-state index in [-0.39, 0.29) is 30.2 Å². The summed E-state index contributed by atoms with van der Waals surface area (Å²) in [4.78, 5) is 59.8. The first-order chi connectivity index (χ1) is 16.8. The number of carbonyl (C=O) groups excluding carboxylic acids is 1. The lowest BCUT2D eigenvalue weighted by atomic mass is 10.2. The molecule has 0 bridgehead atoms. The summed E-state index contributed by atoms with van der Waals surface area (Å²) in [5.74, 6) is 0.00772. The highest BCUT2D eigenvalue weighted by molar-refractivity contribution is 5.95. The fourth-order valence-electron chi connectivity index (χ4n) is 3.91. The van der Waals surface area contributed by atoms with Crippen molar-refractivity contribution in [1.82, 2.24) is 19.1 Å². The van der Waals surface area contributed by atoms with Crippen LogP contribution in [0.3, 0.4) is 0 Å². The largest absolute Gasteiger partial charge is 0.467 e. The molecular weight excluding hydrogens is 452 g/mol. The zero-order valence-electron chi connectivity index (χ0n) is 19.5. The highest BCUT2D eigenvalue weighted by Crippen LogP contribution is 2.21. The fraction of sp³-hybridized carbons (Fsp3) is 0.292. The second-order valence-electron chi connectivity index (χ2n) is 8.13. The zero-order chi connectivity index (χ0) is 25.1. The Bertz CT molecular complexity index is 1550. The number of hydrogen-bond acceptors (Lipinski definition) is 7. The molecule has 0 spiro atoms. The maximum atomic E-state index is 13.6. The van der Waals surface area contributed by atoms with E-state index in [9.17, 15) is 19.2 Å². The second-order valence-corrected chi connectivity index (χ2v) is 8.13. The fourth-order valence-corrected chi connectivity index (χ4v) is 3.91. The number of aromatic nitrogens is 4. The molecule has 0 saturated carbocycles. The molecule has 3 heterocycles. The number of amides is 1. The molecule has 4 rings (SSSR count). The maximum Gasteiger partial charge on any atom is 0.330 e. The number of furan rings is 1. The highest BCUT2D eigenvalue weighted by atomic mass is 16.3. The Morgan fingerprint density at radius 3 is 2.63 bits per heavy atom. The van der Waals surface area contributed by atoms with Crippen molar-refractivity contribution in [3.8, 4) is 0 Å². The van der Waals surface area contributed by atoms with E-state index in [1.165, 1.54) is 15.4 Å². The summed E-state index contributed by atoms with van der Waals surface area (Å²) in [5.41, 5.74) is 4.77. The Kier molecular flexibility index (Phi) is 6.67. The molecule has 0 saturated heterocycles. The average molecular weight is 479 g/mol. The van der Waals surface area contributed by atoms with Crippen LogP contribution in [0.4, 0.5) is 11.5 Å². The van der Waals surface area contributed by atoms with E-state index in [0.29, 0.717) is 28.9 Å². The molecule has 0 radical (unpaired) electrons. The summed E-state index contributed by atoms with van der Waals surface area (Å²) >= 11 is 0. The number of aromatic amines is 1. The molecule has 0 aliphatic carbocycles. The minimum absolute atomic E-state index is 0.125. The Morgan fingerprint density at radius 2 is 1.91 bits per heavy atom. The first kappa shape index (κ1) is 23.7. The van der Waals surface area contributed by atoms with Gasteiger partial charge in [0.1, 0.15) is 23.9 Å². The molecular formula is C24H26N6O5. The van der Waals surface area contributed by atoms with Gasteiger partial charge in [-0.1, -0.05) is 25.5 Å². The third-order valence-corrected chi connectivity index (χ3v) is 5.76. The van der Waals surface area contributed by atoms with E-state index in [4.69, 9.17) is 10.2 Å². The van der Waals surface area contributed by atoms with Gasteiger partial charge in [-0.05, 0) is 37.6 Å². The van der Waals surface area contributed by atoms with Crippen LogP contribution >= 0.6 is 0 Å². The SMILES string of the molecule is CCCCn1c(N)c(N(Cc2ccco2)C(=O)Cn2c(C)nc3ccccc3c2=O)c(=O)[nH]c1=O. The summed E-state index contributed by atoms with van der Waals surface area (Å²) in [5, 5.41) is 0.369. The summed E-state index contributed by atoms with van der Waals surface area (Å²) in [6, 6.07) is 10.1. The van der Waals surface area contributed by atoms with E-state index < -0.39 is 23.7 Å². The molecule has 182 valence electrons. The van der Waals surface area contributed by atoms with E-state index in [1.807, 2.05) is 6.92 Å². The van der Waals surface area contributed by atoms with Gasteiger partial charge in [0.05, 0.1) is 23.7 Å². The molecule has 0 atom stereocenters. The van der Waals surface area contributed by atoms with Crippen molar-refractivity contribution < 1.29 is 9.21 Å². The number of benzene rings is 1. The number of rotatable bonds is 8. The number of H-pyrrole nitrogens is 1. The van der Waals surface area contributed by atoms with Gasteiger partial charge in [0.2, 0.25) is 5.91 Å². The van der Waals surface area contributed by atoms with Crippen molar-refractivity contribution in [2.24, 2.45) is 0 Å². The molecule has 35 heavy (non-hydrogen) atoms. The van der Waals surface area contributed by atoms with Crippen LogP contribution in [-0.2, 0) is 24.4 Å². The summed E-state index contributed by atoms with van der Waals surface area (Å²) in [6.07, 6.45) is 2.89. The second kappa shape index (κ2) is 9.84. The van der Waals surface area contributed by atoms with Crippen molar-refractivity contribution >= 4 is 28.3 Å². The molecule has 4 aromatic rings. The number of carbonyl (C=O) groups is 1. The van der Waals surface area contributed by atoms with E-state index in [0.717, 1.165) is 11.3 Å². The quantitative estimate of drug-likeness (QED) is 0.392. The van der Waals surface area contributed by atoms with Crippen molar-refractivity contribution in [2.75, 3.05) is 10.6 Å². The van der Waals surface area contributed by atoms with Crippen LogP contribution in [-0.4, -0.2) is 25.0 Å². The van der Waals surface area contributed by atoms with E-state index in [1.54, 1.807) is 43.3 Å². The number of fused-ring (bicyclic) bond motifs is 1. The van der Waals surface area contributed by atoms with Gasteiger partial charge in [-0.2, -0.15) is 0 Å². The summed E-state index contributed by atoms with van der Waals surface area (Å²) < 4.78 is 7.87. The molecule has 11 nitrogen and oxygen atoms in total. The van der Waals surface area contributed by atoms with Gasteiger partial charge in [0, 0.05) is 6.54 Å². The van der Waals surface area contributed by atoms with Crippen LogP contribution in [0.15, 0.2) is 61.5 Å². The van der Waals surface area contributed by atoms with Gasteiger partial charge < -0.3 is 10.2 Å². The van der Waals surface area contributed by atoms with Crippen molar-refractivity contribution in [3.05, 3.63) is 85.4 Å². The summed E-state index contributed by atoms with van der Waals surface area (Å²) in [6.45, 7) is 3.35. The number of hydrogen-bond donors (Lipinski definition) is 2. The number of para-hydroxylation sites is 1. The van der Waals surface area contributed by atoms with Crippen LogP contribution < -0.4 is 27.4 Å². The van der Waals surface area contributed by atoms with Gasteiger partial charge in [0.15, 0.2) is 5.69 Å². The van der Waals surface area contributed by atoms with Gasteiger partial charge >= 0.3 is 5.69 Å². The third-order valence-electron chi connectivity index (χ3n) is 5.76. The Labute approximate surface area is 199 Å². The molecule has 0 aliphatic heterocycles. The monoisotopic (exact) mass is 478 g/mol. The predicted molar refractivity (Wildman–Crippen MR) is 131 cm³/mol. The minimum atomic E-state index is -0.805. The Hall–Kier alpha value is -4.41. The lowest BCUT2D eigenvalue weighted by molar-refractivity contribution is -0.119. The summed E-state index contributed by atoms with van der Waals surface area (Å²) in [7, 11) is 0. The average Bonchev–Trinajstić information content (AvgIpc) is 3.34. The number of anilines is 2. The number of nitrogens with zero attached hydrogens (tertiary/aromatic N) is 4. The smallest absolute Gasteiger partial charge is 0.330 e. The Morgan fingerprint density at radius 1 is 1.14 bits per heavy atom. The molecule has 0 unspecified atom stereocenters. The lowest BCUT2D eigenvalue weighted by Gasteiger charge is -2.24. The van der Waals surface area contributed by atoms with Crippen molar-refractivity contribution in [3.63, 3.8) is 0 Å². The molecule has 3 N–H and O–H groups in total. The van der Waals surface area contributed by atoms with Crippen molar-refractivity contribution in [1.29, 1.82) is 0 Å². The predicted octanol–water partition coefficient (Wildman–Crippen LogP) is 1.76. The number of nitrogens with one attached hydrogen (secondary N) is 1. The van der Waals surface area contributed by atoms with Gasteiger partial charge in [-0.25, -0.2) is 9.78 Å². The standard InChI is InChI=1S/C24H26N6O5/c1-3-4-11-28-21(25)20(22(32)27-24(28)34)30(13-16-8-7-12-35-16)19(31)14-29-15(2)26-18-10-6-5-9-17(18)23(29)33/h5-10,12H,3-4,11,13-14,25H2,1-2H3,(H,27,32,34). The van der Waals surface area contributed by atoms with Gasteiger partial charge in [0.25, 0.3) is 11.1 Å². The zero-order valence-corrected chi connectivity index (χ0v) is 19.5. The lowest BCUT2D eigenvalue weighted by Crippen LogP contribution is -2.43. The first-order valence-corrected chi connectivity index (χ1v) is 11.2. The van der Waals surface area contributed by atoms with E-state index in [2.05, 4.69) is 9.97 Å². The topological polar surface area (TPSA) is 149 Å². The number of nitrogens with two attached hydrogens (primary N) is 1. The van der Waals surface area contributed by atoms with Gasteiger partial charge in [-0.3, -0.25) is 33.4 Å². The normalized spacial score (nSPS) is 11.1. The molecule has 11 heteroatoms. The minimum Gasteiger partial charge on any atom is -0.467 e. The first-order valence-electron chi connectivity index (χ1n) is 11.2.